The predicted octanol–water partition coefficient (Wildman–Crippen LogP) is 3.89. The maximum absolute atomic E-state index is 14.3. The van der Waals surface area contributed by atoms with Crippen LogP contribution in [0.5, 0.6) is 5.75 Å². The summed E-state index contributed by atoms with van der Waals surface area (Å²) < 4.78 is 48.9. The van der Waals surface area contributed by atoms with Crippen LogP contribution in [0.15, 0.2) is 64.5 Å². The van der Waals surface area contributed by atoms with E-state index >= 15 is 0 Å². The fourth-order valence-corrected chi connectivity index (χ4v) is 3.66. The van der Waals surface area contributed by atoms with E-state index in [4.69, 9.17) is 24.0 Å². The first-order valence-electron chi connectivity index (χ1n) is 9.79. The van der Waals surface area contributed by atoms with Gasteiger partial charge in [-0.05, 0) is 24.3 Å². The number of thiol groups is 2. The number of rotatable bonds is 6. The molecule has 0 saturated carbocycles. The van der Waals surface area contributed by atoms with Gasteiger partial charge in [0.05, 0.1) is 17.6 Å². The molecule has 0 saturated heterocycles. The fourth-order valence-electron chi connectivity index (χ4n) is 2.91. The van der Waals surface area contributed by atoms with Crippen molar-refractivity contribution in [3.63, 3.8) is 0 Å². The van der Waals surface area contributed by atoms with Gasteiger partial charge in [-0.25, -0.2) is 17.9 Å². The normalized spacial score (nSPS) is 10.6. The summed E-state index contributed by atoms with van der Waals surface area (Å²) in [4.78, 5) is 18.1. The van der Waals surface area contributed by atoms with E-state index < -0.39 is 26.3 Å². The Morgan fingerprint density at radius 2 is 1.68 bits per heavy atom. The molecular formula is C23H31FN4O7S3. The minimum atomic E-state index is -4.02. The fraction of sp³-hybridized carbons (Fsp3) is 0.174. The molecule has 0 fully saturated rings. The molecule has 1 heterocycles. The second-order valence-electron chi connectivity index (χ2n) is 6.86. The molecule has 0 spiro atoms. The molecule has 15 heteroatoms. The monoisotopic (exact) mass is 590 g/mol. The zero-order valence-electron chi connectivity index (χ0n) is 19.7. The summed E-state index contributed by atoms with van der Waals surface area (Å²) in [6.07, 6.45) is 1.64. The van der Waals surface area contributed by atoms with E-state index in [1.165, 1.54) is 25.3 Å². The average Bonchev–Trinajstić information content (AvgIpc) is 3.22. The molecule has 1 unspecified atom stereocenters. The third-order valence-electron chi connectivity index (χ3n) is 4.37. The number of hydrogen-bond donors (Lipinski definition) is 5. The molecule has 0 aliphatic carbocycles. The molecule has 3 rings (SSSR count). The van der Waals surface area contributed by atoms with Crippen LogP contribution in [0.1, 0.15) is 26.0 Å². The maximum atomic E-state index is 14.3. The quantitative estimate of drug-likeness (QED) is 0.211. The number of halogens is 1. The molecular weight excluding hydrogens is 559 g/mol. The number of primary sulfonamides is 1. The lowest BCUT2D eigenvalue weighted by Crippen LogP contribution is -2.13. The van der Waals surface area contributed by atoms with Crippen LogP contribution in [-0.4, -0.2) is 36.6 Å². The summed E-state index contributed by atoms with van der Waals surface area (Å²) in [5.41, 5.74) is 10.1. The number of carbonyl (C=O) groups is 2. The van der Waals surface area contributed by atoms with Crippen LogP contribution >= 0.6 is 25.3 Å². The van der Waals surface area contributed by atoms with E-state index in [1.54, 1.807) is 30.3 Å². The van der Waals surface area contributed by atoms with Gasteiger partial charge in [0.25, 0.3) is 10.5 Å². The van der Waals surface area contributed by atoms with Gasteiger partial charge < -0.3 is 26.2 Å². The molecule has 2 amide bonds. The van der Waals surface area contributed by atoms with Gasteiger partial charge in [0.15, 0.2) is 17.3 Å². The molecule has 210 valence electrons. The van der Waals surface area contributed by atoms with Crippen molar-refractivity contribution in [3.8, 4) is 28.1 Å². The van der Waals surface area contributed by atoms with Gasteiger partial charge in [0.1, 0.15) is 5.69 Å². The van der Waals surface area contributed by atoms with Gasteiger partial charge in [-0.2, -0.15) is 0 Å². The third kappa shape index (κ3) is 10.5. The number of amides is 2. The molecule has 38 heavy (non-hydrogen) atoms. The number of aromatic nitrogens is 1. The molecule has 2 aromatic carbocycles. The summed E-state index contributed by atoms with van der Waals surface area (Å²) in [6, 6.07) is 10.6. The van der Waals surface area contributed by atoms with Crippen LogP contribution in [0.2, 0.25) is 0 Å². The van der Waals surface area contributed by atoms with E-state index in [0.29, 0.717) is 28.1 Å². The maximum Gasteiger partial charge on any atom is 0.273 e. The number of nitrogens with two attached hydrogens (primary N) is 3. The minimum absolute atomic E-state index is 0. The van der Waals surface area contributed by atoms with Crippen LogP contribution in [0.4, 0.5) is 14.0 Å². The Bertz CT molecular complexity index is 1330. The molecule has 0 radical (unpaired) electrons. The predicted molar refractivity (Wildman–Crippen MR) is 151 cm³/mol. The van der Waals surface area contributed by atoms with Crippen molar-refractivity contribution >= 4 is 45.8 Å². The Hall–Kier alpha value is -3.37. The van der Waals surface area contributed by atoms with Crippen LogP contribution in [0.25, 0.3) is 22.4 Å². The second-order valence-corrected chi connectivity index (χ2v) is 9.27. The number of methoxy groups -OCH3 is 1. The highest BCUT2D eigenvalue weighted by molar-refractivity contribution is 7.96. The highest BCUT2D eigenvalue weighted by Crippen LogP contribution is 2.41. The SMILES string of the molecule is C.C=CC(C)c1onc(-c2ccc(OC)c(F)c2)c1-c1ccccc1S(N)(=O)=O.NC(=O)S.NC(=O)S.O. The van der Waals surface area contributed by atoms with Crippen molar-refractivity contribution in [2.75, 3.05) is 7.11 Å². The van der Waals surface area contributed by atoms with Crippen LogP contribution < -0.4 is 21.3 Å². The van der Waals surface area contributed by atoms with Crippen LogP contribution in [0, 0.1) is 5.82 Å². The number of nitrogens with zero attached hydrogens (tertiary/aromatic N) is 1. The van der Waals surface area contributed by atoms with Gasteiger partial charge in [0.2, 0.25) is 10.0 Å². The highest BCUT2D eigenvalue weighted by atomic mass is 32.2. The number of carbonyl (C=O) groups excluding carboxylic acids is 2. The van der Waals surface area contributed by atoms with E-state index in [0.717, 1.165) is 0 Å². The van der Waals surface area contributed by atoms with Gasteiger partial charge in [-0.1, -0.05) is 69.0 Å². The van der Waals surface area contributed by atoms with Crippen molar-refractivity contribution in [2.24, 2.45) is 16.6 Å². The molecule has 0 aliphatic heterocycles. The summed E-state index contributed by atoms with van der Waals surface area (Å²) in [5, 5.41) is 8.21. The second kappa shape index (κ2) is 16.5. The lowest BCUT2D eigenvalue weighted by molar-refractivity contribution is 0.266. The number of hydrogen-bond acceptors (Lipinski definition) is 7. The molecule has 11 nitrogen and oxygen atoms in total. The molecule has 0 aliphatic rings. The molecule has 1 aromatic heterocycles. The smallest absolute Gasteiger partial charge is 0.273 e. The van der Waals surface area contributed by atoms with Crippen LogP contribution in [-0.2, 0) is 10.0 Å². The summed E-state index contributed by atoms with van der Waals surface area (Å²) in [5.74, 6) is -0.365. The number of allylic oxidation sites excluding steroid dienone is 1. The van der Waals surface area contributed by atoms with Crippen molar-refractivity contribution in [2.45, 2.75) is 25.2 Å². The summed E-state index contributed by atoms with van der Waals surface area (Å²) in [6.45, 7) is 5.58. The van der Waals surface area contributed by atoms with Gasteiger partial charge in [0, 0.05) is 17.0 Å². The molecule has 3 aromatic rings. The molecule has 0 bridgehead atoms. The lowest BCUT2D eigenvalue weighted by atomic mass is 9.94. The van der Waals surface area contributed by atoms with Crippen molar-refractivity contribution in [1.82, 2.24) is 5.16 Å². The average molecular weight is 591 g/mol. The highest BCUT2D eigenvalue weighted by Gasteiger charge is 2.27. The lowest BCUT2D eigenvalue weighted by Gasteiger charge is -2.11. The Labute approximate surface area is 231 Å². The number of primary amides is 2. The number of benzene rings is 2. The molecule has 1 atom stereocenters. The number of sulfonamides is 1. The Kier molecular flexibility index (Phi) is 15.9. The first-order valence-corrected chi connectivity index (χ1v) is 12.2. The van der Waals surface area contributed by atoms with Crippen molar-refractivity contribution in [1.29, 1.82) is 0 Å². The summed E-state index contributed by atoms with van der Waals surface area (Å²) >= 11 is 6.21. The molecule has 8 N–H and O–H groups in total. The topological polar surface area (TPSA) is 213 Å². The largest absolute Gasteiger partial charge is 0.494 e. The van der Waals surface area contributed by atoms with E-state index in [9.17, 15) is 12.8 Å². The van der Waals surface area contributed by atoms with Crippen molar-refractivity contribution in [3.05, 3.63) is 66.7 Å². The van der Waals surface area contributed by atoms with Crippen molar-refractivity contribution < 1.29 is 37.1 Å². The standard InChI is InChI=1S/C20H19FN2O4S.2CH3NOS.CH4.H2O/c1-4-12(2)20-18(14-7-5-6-8-17(14)28(22,24)25)19(23-27-20)13-9-10-16(26-3)15(21)11-13;2*2-1(3)4;;/h4-12H,1H2,2-3H3,(H2,22,24,25);2*(H3,2,3,4);1H4;1H2. The van der Waals surface area contributed by atoms with E-state index in [2.05, 4.69) is 48.5 Å². The van der Waals surface area contributed by atoms with E-state index in [1.807, 2.05) is 6.92 Å². The van der Waals surface area contributed by atoms with Gasteiger partial charge in [-0.3, -0.25) is 9.59 Å². The Morgan fingerprint density at radius 3 is 2.13 bits per heavy atom. The van der Waals surface area contributed by atoms with E-state index in [-0.39, 0.29) is 29.5 Å². The Morgan fingerprint density at radius 1 is 1.16 bits per heavy atom. The van der Waals surface area contributed by atoms with Gasteiger partial charge in [-0.15, -0.1) is 6.58 Å². The first kappa shape index (κ1) is 36.8. The zero-order chi connectivity index (χ0) is 27.6. The van der Waals surface area contributed by atoms with Crippen LogP contribution in [0.3, 0.4) is 0 Å². The Balaban J connectivity index is 0. The van der Waals surface area contributed by atoms with Gasteiger partial charge >= 0.3 is 0 Å². The third-order valence-corrected chi connectivity index (χ3v) is 5.34. The number of ether oxygens (including phenoxy) is 1. The summed E-state index contributed by atoms with van der Waals surface area (Å²) in [7, 11) is -2.65. The minimum Gasteiger partial charge on any atom is -0.494 e. The first-order chi connectivity index (χ1) is 16.7. The zero-order valence-corrected chi connectivity index (χ0v) is 22.3.